The number of para-hydroxylation sites is 2. The summed E-state index contributed by atoms with van der Waals surface area (Å²) < 4.78 is 6.45. The fourth-order valence-corrected chi connectivity index (χ4v) is 6.34. The van der Waals surface area contributed by atoms with Crippen molar-refractivity contribution in [2.24, 2.45) is 9.98 Å². The quantitative estimate of drug-likeness (QED) is 0.123. The Morgan fingerprint density at radius 2 is 1.16 bits per heavy atom. The maximum absolute atomic E-state index is 6.45. The lowest BCUT2D eigenvalue weighted by molar-refractivity contribution is 0.479. The number of hydrogen-bond acceptors (Lipinski definition) is 3. The summed E-state index contributed by atoms with van der Waals surface area (Å²) in [5.41, 5.74) is 9.79. The van der Waals surface area contributed by atoms with Crippen molar-refractivity contribution in [1.29, 1.82) is 0 Å². The molecule has 4 heteroatoms. The molecule has 0 bridgehead atoms. The highest BCUT2D eigenvalue weighted by molar-refractivity contribution is 6.17. The van der Waals surface area contributed by atoms with Crippen LogP contribution in [0.4, 0.5) is 17.1 Å². The summed E-state index contributed by atoms with van der Waals surface area (Å²) in [5, 5.41) is 0. The first-order chi connectivity index (χ1) is 23.9. The number of rotatable bonds is 8. The van der Waals surface area contributed by atoms with Crippen LogP contribution in [0.25, 0.3) is 5.70 Å². The second-order valence-corrected chi connectivity index (χ2v) is 12.4. The fourth-order valence-electron chi connectivity index (χ4n) is 6.34. The van der Waals surface area contributed by atoms with Gasteiger partial charge in [0, 0.05) is 22.2 Å². The van der Waals surface area contributed by atoms with Crippen molar-refractivity contribution < 1.29 is 4.74 Å². The van der Waals surface area contributed by atoms with Crippen molar-refractivity contribution in [2.75, 3.05) is 4.90 Å². The first-order valence-corrected chi connectivity index (χ1v) is 16.4. The van der Waals surface area contributed by atoms with E-state index in [1.807, 2.05) is 91.0 Å². The number of nitrogens with zero attached hydrogens (tertiary/aromatic N) is 3. The number of anilines is 3. The molecule has 0 spiro atoms. The van der Waals surface area contributed by atoms with Gasteiger partial charge in [0.1, 0.15) is 11.5 Å². The number of amidine groups is 1. The first kappa shape index (κ1) is 31.3. The standard InChI is InChI=1S/C45H37N3O/c1-5-41(34-17-9-6-10-18-34)47-44(35-19-11-7-12-20-35)46-32(2)33-25-27-37(28-26-33)49-38-29-30-43-40(31-38)45(3,4)39-23-15-16-24-42(39)48(43)36-21-13-8-14-22-36/h5-31H,1-2H2,3-4H3/b46-44-,47-41+. The van der Waals surface area contributed by atoms with Crippen molar-refractivity contribution in [3.63, 3.8) is 0 Å². The monoisotopic (exact) mass is 635 g/mol. The SMILES string of the molecule is C=C/C(=N\C(=N/C(=C)c1ccc(Oc2ccc3c(c2)C(C)(C)c2ccccc2N3c2ccccc2)cc1)c1ccccc1)c1ccccc1. The summed E-state index contributed by atoms with van der Waals surface area (Å²) >= 11 is 0. The van der Waals surface area contributed by atoms with Gasteiger partial charge in [-0.3, -0.25) is 0 Å². The number of fused-ring (bicyclic) bond motifs is 2. The van der Waals surface area contributed by atoms with Crippen LogP contribution >= 0.6 is 0 Å². The van der Waals surface area contributed by atoms with Crippen LogP contribution in [0.15, 0.2) is 187 Å². The van der Waals surface area contributed by atoms with Crippen molar-refractivity contribution in [3.05, 3.63) is 205 Å². The molecule has 1 aliphatic heterocycles. The van der Waals surface area contributed by atoms with Crippen LogP contribution in [-0.2, 0) is 5.41 Å². The van der Waals surface area contributed by atoms with E-state index in [9.17, 15) is 0 Å². The molecule has 0 amide bonds. The zero-order chi connectivity index (χ0) is 33.8. The Bertz CT molecular complexity index is 2180. The van der Waals surface area contributed by atoms with Gasteiger partial charge in [0.15, 0.2) is 5.84 Å². The third kappa shape index (κ3) is 6.37. The normalized spacial score (nSPS) is 13.6. The molecule has 6 aromatic carbocycles. The molecule has 0 unspecified atom stereocenters. The van der Waals surface area contributed by atoms with Crippen molar-refractivity contribution >= 4 is 34.3 Å². The second-order valence-electron chi connectivity index (χ2n) is 12.4. The molecule has 0 saturated carbocycles. The van der Waals surface area contributed by atoms with Gasteiger partial charge >= 0.3 is 0 Å². The van der Waals surface area contributed by atoms with Crippen LogP contribution in [0.1, 0.15) is 41.7 Å². The predicted octanol–water partition coefficient (Wildman–Crippen LogP) is 11.7. The minimum absolute atomic E-state index is 0.221. The first-order valence-electron chi connectivity index (χ1n) is 16.4. The lowest BCUT2D eigenvalue weighted by atomic mass is 9.73. The summed E-state index contributed by atoms with van der Waals surface area (Å²) in [6.07, 6.45) is 1.75. The number of benzene rings is 6. The van der Waals surface area contributed by atoms with Crippen LogP contribution in [0.3, 0.4) is 0 Å². The molecule has 0 radical (unpaired) electrons. The van der Waals surface area contributed by atoms with Crippen LogP contribution in [0.2, 0.25) is 0 Å². The van der Waals surface area contributed by atoms with Gasteiger partial charge in [-0.2, -0.15) is 0 Å². The minimum atomic E-state index is -0.221. The topological polar surface area (TPSA) is 37.2 Å². The lowest BCUT2D eigenvalue weighted by Gasteiger charge is -2.42. The largest absolute Gasteiger partial charge is 0.457 e. The number of allylic oxidation sites excluding steroid dienone is 1. The Balaban J connectivity index is 1.17. The van der Waals surface area contributed by atoms with E-state index in [0.717, 1.165) is 45.3 Å². The highest BCUT2D eigenvalue weighted by atomic mass is 16.5. The maximum atomic E-state index is 6.45. The molecular formula is C45H37N3O. The highest BCUT2D eigenvalue weighted by Gasteiger charge is 2.37. The second kappa shape index (κ2) is 13.5. The summed E-state index contributed by atoms with van der Waals surface area (Å²) in [6, 6.07) is 53.3. The molecule has 4 nitrogen and oxygen atoms in total. The Hall–Kier alpha value is -6.26. The van der Waals surface area contributed by atoms with Crippen LogP contribution in [0.5, 0.6) is 11.5 Å². The molecule has 238 valence electrons. The van der Waals surface area contributed by atoms with E-state index in [0.29, 0.717) is 11.5 Å². The van der Waals surface area contributed by atoms with Gasteiger partial charge in [-0.05, 0) is 83.4 Å². The van der Waals surface area contributed by atoms with Crippen molar-refractivity contribution in [1.82, 2.24) is 0 Å². The van der Waals surface area contributed by atoms with Gasteiger partial charge in [0.25, 0.3) is 0 Å². The predicted molar refractivity (Wildman–Crippen MR) is 205 cm³/mol. The van der Waals surface area contributed by atoms with Gasteiger partial charge < -0.3 is 9.64 Å². The third-order valence-electron chi connectivity index (χ3n) is 8.90. The molecule has 0 aromatic heterocycles. The highest BCUT2D eigenvalue weighted by Crippen LogP contribution is 2.52. The molecule has 6 aromatic rings. The summed E-state index contributed by atoms with van der Waals surface area (Å²) in [4.78, 5) is 12.2. The Kier molecular flexibility index (Phi) is 8.61. The molecule has 1 heterocycles. The number of ether oxygens (including phenoxy) is 1. The molecule has 0 fully saturated rings. The van der Waals surface area contributed by atoms with Gasteiger partial charge in [-0.1, -0.05) is 124 Å². The van der Waals surface area contributed by atoms with Gasteiger partial charge in [-0.15, -0.1) is 0 Å². The van der Waals surface area contributed by atoms with E-state index in [2.05, 4.69) is 98.6 Å². The van der Waals surface area contributed by atoms with E-state index < -0.39 is 0 Å². The molecule has 0 aliphatic carbocycles. The van der Waals surface area contributed by atoms with Crippen molar-refractivity contribution in [3.8, 4) is 11.5 Å². The summed E-state index contributed by atoms with van der Waals surface area (Å²) in [5.74, 6) is 2.07. The molecule has 1 aliphatic rings. The fraction of sp³-hybridized carbons (Fsp3) is 0.0667. The van der Waals surface area contributed by atoms with E-state index in [1.165, 1.54) is 16.8 Å². The summed E-state index contributed by atoms with van der Waals surface area (Å²) in [7, 11) is 0. The van der Waals surface area contributed by atoms with E-state index in [-0.39, 0.29) is 5.41 Å². The molecular weight excluding hydrogens is 599 g/mol. The molecule has 7 rings (SSSR count). The molecule has 0 N–H and O–H groups in total. The van der Waals surface area contributed by atoms with Gasteiger partial charge in [-0.25, -0.2) is 9.98 Å². The smallest absolute Gasteiger partial charge is 0.160 e. The zero-order valence-corrected chi connectivity index (χ0v) is 27.8. The van der Waals surface area contributed by atoms with Crippen LogP contribution in [0, 0.1) is 0 Å². The molecule has 49 heavy (non-hydrogen) atoms. The van der Waals surface area contributed by atoms with Crippen molar-refractivity contribution in [2.45, 2.75) is 19.3 Å². The molecule has 0 atom stereocenters. The Morgan fingerprint density at radius 3 is 1.84 bits per heavy atom. The maximum Gasteiger partial charge on any atom is 0.160 e. The average molecular weight is 636 g/mol. The zero-order valence-electron chi connectivity index (χ0n) is 27.8. The Labute approximate surface area is 288 Å². The summed E-state index contributed by atoms with van der Waals surface area (Å²) in [6.45, 7) is 12.9. The van der Waals surface area contributed by atoms with Crippen LogP contribution in [-0.4, -0.2) is 11.5 Å². The van der Waals surface area contributed by atoms with E-state index in [1.54, 1.807) is 6.08 Å². The molecule has 0 saturated heterocycles. The Morgan fingerprint density at radius 1 is 0.592 bits per heavy atom. The third-order valence-corrected chi connectivity index (χ3v) is 8.90. The van der Waals surface area contributed by atoms with E-state index in [4.69, 9.17) is 14.7 Å². The number of hydrogen-bond donors (Lipinski definition) is 0. The van der Waals surface area contributed by atoms with E-state index >= 15 is 0 Å². The van der Waals surface area contributed by atoms with Gasteiger partial charge in [0.2, 0.25) is 0 Å². The lowest BCUT2D eigenvalue weighted by Crippen LogP contribution is -2.30. The van der Waals surface area contributed by atoms with Crippen LogP contribution < -0.4 is 9.64 Å². The van der Waals surface area contributed by atoms with Gasteiger partial charge in [0.05, 0.1) is 22.8 Å². The average Bonchev–Trinajstić information content (AvgIpc) is 3.15. The number of aliphatic imine (C=N–C) groups is 2. The minimum Gasteiger partial charge on any atom is -0.457 e.